The summed E-state index contributed by atoms with van der Waals surface area (Å²) in [6.07, 6.45) is 3.44. The first-order chi connectivity index (χ1) is 10.3. The van der Waals surface area contributed by atoms with Crippen LogP contribution >= 0.6 is 12.6 Å². The van der Waals surface area contributed by atoms with Crippen molar-refractivity contribution in [2.75, 3.05) is 7.11 Å². The Morgan fingerprint density at radius 3 is 2.86 bits per heavy atom. The Morgan fingerprint density at radius 2 is 2.10 bits per heavy atom. The van der Waals surface area contributed by atoms with E-state index in [-0.39, 0.29) is 5.25 Å². The Kier molecular flexibility index (Phi) is 3.87. The molecule has 6 heteroatoms. The SMILES string of the molecule is COc1cccc(-c2nnc(C(S)c3cccnc3)o2)c1. The molecule has 0 fully saturated rings. The lowest BCUT2D eigenvalue weighted by molar-refractivity contribution is 0.414. The van der Waals surface area contributed by atoms with E-state index in [4.69, 9.17) is 9.15 Å². The molecule has 0 bridgehead atoms. The van der Waals surface area contributed by atoms with E-state index < -0.39 is 0 Å². The minimum atomic E-state index is -0.300. The number of aromatic nitrogens is 3. The smallest absolute Gasteiger partial charge is 0.247 e. The zero-order chi connectivity index (χ0) is 14.7. The van der Waals surface area contributed by atoms with Crippen molar-refractivity contribution in [3.05, 3.63) is 60.2 Å². The van der Waals surface area contributed by atoms with Crippen LogP contribution in [0.2, 0.25) is 0 Å². The van der Waals surface area contributed by atoms with E-state index in [1.165, 1.54) is 0 Å². The molecule has 0 saturated heterocycles. The molecule has 0 amide bonds. The van der Waals surface area contributed by atoms with Gasteiger partial charge in [-0.15, -0.1) is 10.2 Å². The van der Waals surface area contributed by atoms with E-state index in [2.05, 4.69) is 27.8 Å². The van der Waals surface area contributed by atoms with Crippen LogP contribution in [-0.2, 0) is 0 Å². The summed E-state index contributed by atoms with van der Waals surface area (Å²) in [5, 5.41) is 7.83. The summed E-state index contributed by atoms with van der Waals surface area (Å²) < 4.78 is 10.9. The van der Waals surface area contributed by atoms with Crippen LogP contribution in [0, 0.1) is 0 Å². The fourth-order valence-corrected chi connectivity index (χ4v) is 2.16. The summed E-state index contributed by atoms with van der Waals surface area (Å²) in [7, 11) is 1.62. The molecule has 0 aliphatic rings. The summed E-state index contributed by atoms with van der Waals surface area (Å²) >= 11 is 4.51. The molecule has 1 aromatic carbocycles. The number of hydrogen-bond acceptors (Lipinski definition) is 6. The number of thiol groups is 1. The number of nitrogens with zero attached hydrogens (tertiary/aromatic N) is 3. The first-order valence-corrected chi connectivity index (χ1v) is 6.85. The predicted octanol–water partition coefficient (Wildman–Crippen LogP) is 3.16. The van der Waals surface area contributed by atoms with Crippen molar-refractivity contribution in [2.45, 2.75) is 5.25 Å². The van der Waals surface area contributed by atoms with Gasteiger partial charge in [0.25, 0.3) is 0 Å². The van der Waals surface area contributed by atoms with Gasteiger partial charge in [0.15, 0.2) is 0 Å². The number of ether oxygens (including phenoxy) is 1. The van der Waals surface area contributed by atoms with Crippen LogP contribution in [0.25, 0.3) is 11.5 Å². The van der Waals surface area contributed by atoms with Crippen molar-refractivity contribution in [2.24, 2.45) is 0 Å². The van der Waals surface area contributed by atoms with Crippen LogP contribution in [0.5, 0.6) is 5.75 Å². The normalized spacial score (nSPS) is 12.1. The van der Waals surface area contributed by atoms with E-state index >= 15 is 0 Å². The maximum Gasteiger partial charge on any atom is 0.247 e. The fourth-order valence-electron chi connectivity index (χ4n) is 1.90. The molecule has 0 radical (unpaired) electrons. The monoisotopic (exact) mass is 299 g/mol. The third-order valence-corrected chi connectivity index (χ3v) is 3.51. The molecule has 3 rings (SSSR count). The molecule has 2 aromatic heterocycles. The number of rotatable bonds is 4. The first-order valence-electron chi connectivity index (χ1n) is 6.34. The number of pyridine rings is 1. The summed E-state index contributed by atoms with van der Waals surface area (Å²) in [5.74, 6) is 1.61. The minimum Gasteiger partial charge on any atom is -0.497 e. The standard InChI is InChI=1S/C15H13N3O2S/c1-19-12-6-2-4-10(8-12)14-17-18-15(20-14)13(21)11-5-3-7-16-9-11/h2-9,13,21H,1H3. The lowest BCUT2D eigenvalue weighted by Gasteiger charge is -2.04. The van der Waals surface area contributed by atoms with E-state index in [0.717, 1.165) is 16.9 Å². The Balaban J connectivity index is 1.89. The van der Waals surface area contributed by atoms with Crippen molar-refractivity contribution in [1.29, 1.82) is 0 Å². The second kappa shape index (κ2) is 5.97. The van der Waals surface area contributed by atoms with Gasteiger partial charge in [-0.05, 0) is 29.8 Å². The van der Waals surface area contributed by atoms with Crippen LogP contribution in [0.1, 0.15) is 16.7 Å². The predicted molar refractivity (Wildman–Crippen MR) is 81.4 cm³/mol. The molecular formula is C15H13N3O2S. The molecule has 0 aliphatic carbocycles. The molecule has 0 spiro atoms. The zero-order valence-electron chi connectivity index (χ0n) is 11.3. The summed E-state index contributed by atoms with van der Waals surface area (Å²) in [4.78, 5) is 4.06. The Morgan fingerprint density at radius 1 is 1.19 bits per heavy atom. The molecule has 106 valence electrons. The van der Waals surface area contributed by atoms with E-state index in [9.17, 15) is 0 Å². The second-order valence-corrected chi connectivity index (χ2v) is 4.88. The zero-order valence-corrected chi connectivity index (χ0v) is 12.2. The van der Waals surface area contributed by atoms with Crippen molar-refractivity contribution in [3.8, 4) is 17.2 Å². The molecule has 1 atom stereocenters. The highest BCUT2D eigenvalue weighted by Crippen LogP contribution is 2.29. The number of hydrogen-bond donors (Lipinski definition) is 1. The van der Waals surface area contributed by atoms with E-state index in [1.807, 2.05) is 36.4 Å². The lowest BCUT2D eigenvalue weighted by atomic mass is 10.2. The highest BCUT2D eigenvalue weighted by atomic mass is 32.1. The third-order valence-electron chi connectivity index (χ3n) is 2.99. The average molecular weight is 299 g/mol. The maximum atomic E-state index is 5.70. The highest BCUT2D eigenvalue weighted by molar-refractivity contribution is 7.80. The molecular weight excluding hydrogens is 286 g/mol. The number of methoxy groups -OCH3 is 1. The molecule has 2 heterocycles. The molecule has 21 heavy (non-hydrogen) atoms. The topological polar surface area (TPSA) is 61.0 Å². The Hall–Kier alpha value is -2.34. The average Bonchev–Trinajstić information content (AvgIpc) is 3.05. The van der Waals surface area contributed by atoms with Gasteiger partial charge in [-0.1, -0.05) is 12.1 Å². The van der Waals surface area contributed by atoms with Crippen LogP contribution in [-0.4, -0.2) is 22.3 Å². The van der Waals surface area contributed by atoms with Gasteiger partial charge in [0.2, 0.25) is 11.8 Å². The summed E-state index contributed by atoms with van der Waals surface area (Å²) in [5.41, 5.74) is 1.71. The quantitative estimate of drug-likeness (QED) is 0.750. The summed E-state index contributed by atoms with van der Waals surface area (Å²) in [6.45, 7) is 0. The fraction of sp³-hybridized carbons (Fsp3) is 0.133. The molecule has 5 nitrogen and oxygen atoms in total. The molecule has 0 aliphatic heterocycles. The number of benzene rings is 1. The van der Waals surface area contributed by atoms with Crippen LogP contribution in [0.4, 0.5) is 0 Å². The van der Waals surface area contributed by atoms with Gasteiger partial charge < -0.3 is 9.15 Å². The first kappa shape index (κ1) is 13.6. The third kappa shape index (κ3) is 2.90. The van der Waals surface area contributed by atoms with Crippen LogP contribution in [0.15, 0.2) is 53.2 Å². The molecule has 0 N–H and O–H groups in total. The Bertz CT molecular complexity index is 731. The Labute approximate surface area is 127 Å². The van der Waals surface area contributed by atoms with E-state index in [1.54, 1.807) is 19.5 Å². The van der Waals surface area contributed by atoms with Gasteiger partial charge in [-0.25, -0.2) is 0 Å². The van der Waals surface area contributed by atoms with E-state index in [0.29, 0.717) is 11.8 Å². The van der Waals surface area contributed by atoms with Gasteiger partial charge in [0.05, 0.1) is 7.11 Å². The van der Waals surface area contributed by atoms with Crippen LogP contribution < -0.4 is 4.74 Å². The van der Waals surface area contributed by atoms with Gasteiger partial charge in [0.1, 0.15) is 11.0 Å². The van der Waals surface area contributed by atoms with Gasteiger partial charge in [-0.2, -0.15) is 12.6 Å². The largest absolute Gasteiger partial charge is 0.497 e. The highest BCUT2D eigenvalue weighted by Gasteiger charge is 2.18. The summed E-state index contributed by atoms with van der Waals surface area (Å²) in [6, 6.07) is 11.2. The van der Waals surface area contributed by atoms with Crippen LogP contribution in [0.3, 0.4) is 0 Å². The van der Waals surface area contributed by atoms with Crippen molar-refractivity contribution >= 4 is 12.6 Å². The van der Waals surface area contributed by atoms with Gasteiger partial charge in [-0.3, -0.25) is 4.98 Å². The van der Waals surface area contributed by atoms with Crippen molar-refractivity contribution < 1.29 is 9.15 Å². The second-order valence-electron chi connectivity index (χ2n) is 4.37. The molecule has 0 saturated carbocycles. The lowest BCUT2D eigenvalue weighted by Crippen LogP contribution is -1.94. The molecule has 3 aromatic rings. The van der Waals surface area contributed by atoms with Gasteiger partial charge >= 0.3 is 0 Å². The van der Waals surface area contributed by atoms with Crippen molar-refractivity contribution in [3.63, 3.8) is 0 Å². The van der Waals surface area contributed by atoms with Gasteiger partial charge in [0, 0.05) is 18.0 Å². The maximum absolute atomic E-state index is 5.70. The van der Waals surface area contributed by atoms with Crippen molar-refractivity contribution in [1.82, 2.24) is 15.2 Å². The minimum absolute atomic E-state index is 0.300. The molecule has 1 unspecified atom stereocenters.